The summed E-state index contributed by atoms with van der Waals surface area (Å²) in [6.45, 7) is 3.39. The lowest BCUT2D eigenvalue weighted by Crippen LogP contribution is -2.44. The molecule has 0 spiro atoms. The van der Waals surface area contributed by atoms with Crippen molar-refractivity contribution >= 4 is 26.8 Å². The van der Waals surface area contributed by atoms with Crippen molar-refractivity contribution in [2.75, 3.05) is 38.1 Å². The number of rotatable bonds is 2. The van der Waals surface area contributed by atoms with Crippen molar-refractivity contribution in [2.45, 2.75) is 4.90 Å². The summed E-state index contributed by atoms with van der Waals surface area (Å²) in [5.74, 6) is 0. The second-order valence-electron chi connectivity index (χ2n) is 5.05. The number of hydrogen-bond donors (Lipinski definition) is 1. The molecule has 3 rings (SSSR count). The van der Waals surface area contributed by atoms with Crippen molar-refractivity contribution in [1.29, 1.82) is 0 Å². The molecule has 0 amide bonds. The van der Waals surface area contributed by atoms with Crippen LogP contribution < -0.4 is 4.90 Å². The standard InChI is InChI=1S/C13H16N2O4S/c1-14-3-5-15(6-4-14)12-9-11(20(16,17)18)8-10-2-7-19-13(10)12/h2,7-9H,3-6H2,1H3,(H,16,17,18). The Kier molecular flexibility index (Phi) is 3.19. The highest BCUT2D eigenvalue weighted by atomic mass is 32.2. The molecule has 1 aliphatic heterocycles. The van der Waals surface area contributed by atoms with Crippen molar-refractivity contribution in [3.8, 4) is 0 Å². The topological polar surface area (TPSA) is 74.0 Å². The minimum atomic E-state index is -4.22. The molecule has 0 atom stereocenters. The Morgan fingerprint density at radius 1 is 1.20 bits per heavy atom. The van der Waals surface area contributed by atoms with E-state index in [1.165, 1.54) is 18.4 Å². The molecule has 7 heteroatoms. The molecule has 1 aromatic heterocycles. The van der Waals surface area contributed by atoms with E-state index in [0.717, 1.165) is 26.2 Å². The van der Waals surface area contributed by atoms with E-state index in [-0.39, 0.29) is 4.90 Å². The quantitative estimate of drug-likeness (QED) is 0.845. The van der Waals surface area contributed by atoms with Gasteiger partial charge in [-0.2, -0.15) is 8.42 Å². The number of hydrogen-bond acceptors (Lipinski definition) is 5. The Morgan fingerprint density at radius 3 is 2.55 bits per heavy atom. The fourth-order valence-corrected chi connectivity index (χ4v) is 3.00. The first kappa shape index (κ1) is 13.4. The Bertz CT molecular complexity index is 730. The summed E-state index contributed by atoms with van der Waals surface area (Å²) in [5.41, 5.74) is 1.37. The molecule has 6 nitrogen and oxygen atoms in total. The molecule has 0 aliphatic carbocycles. The van der Waals surface area contributed by atoms with Gasteiger partial charge in [-0.1, -0.05) is 0 Å². The van der Waals surface area contributed by atoms with E-state index in [9.17, 15) is 13.0 Å². The fourth-order valence-electron chi connectivity index (χ4n) is 2.47. The molecule has 1 fully saturated rings. The molecule has 1 aromatic carbocycles. The maximum Gasteiger partial charge on any atom is 0.294 e. The molecule has 20 heavy (non-hydrogen) atoms. The number of anilines is 1. The average molecular weight is 296 g/mol. The van der Waals surface area contributed by atoms with Crippen molar-refractivity contribution in [1.82, 2.24) is 4.90 Å². The van der Waals surface area contributed by atoms with Gasteiger partial charge in [-0.25, -0.2) is 0 Å². The first-order valence-electron chi connectivity index (χ1n) is 6.37. The highest BCUT2D eigenvalue weighted by molar-refractivity contribution is 7.85. The van der Waals surface area contributed by atoms with E-state index in [0.29, 0.717) is 16.7 Å². The van der Waals surface area contributed by atoms with E-state index >= 15 is 0 Å². The maximum atomic E-state index is 11.4. The third-order valence-corrected chi connectivity index (χ3v) is 4.48. The van der Waals surface area contributed by atoms with E-state index in [2.05, 4.69) is 16.8 Å². The third kappa shape index (κ3) is 2.39. The Balaban J connectivity index is 2.11. The van der Waals surface area contributed by atoms with Gasteiger partial charge in [0.05, 0.1) is 16.8 Å². The highest BCUT2D eigenvalue weighted by Crippen LogP contribution is 2.31. The second kappa shape index (κ2) is 4.76. The maximum absolute atomic E-state index is 11.4. The van der Waals surface area contributed by atoms with Gasteiger partial charge in [-0.15, -0.1) is 0 Å². The predicted octanol–water partition coefficient (Wildman–Crippen LogP) is 1.43. The van der Waals surface area contributed by atoms with Crippen molar-refractivity contribution in [2.24, 2.45) is 0 Å². The van der Waals surface area contributed by atoms with E-state index in [4.69, 9.17) is 4.42 Å². The summed E-state index contributed by atoms with van der Waals surface area (Å²) in [7, 11) is -2.17. The number of piperazine rings is 1. The van der Waals surface area contributed by atoms with Gasteiger partial charge in [0.15, 0.2) is 5.58 Å². The minimum Gasteiger partial charge on any atom is -0.462 e. The van der Waals surface area contributed by atoms with Crippen LogP contribution in [0.5, 0.6) is 0 Å². The van der Waals surface area contributed by atoms with Crippen LogP contribution >= 0.6 is 0 Å². The van der Waals surface area contributed by atoms with Gasteiger partial charge in [-0.3, -0.25) is 4.55 Å². The molecular weight excluding hydrogens is 280 g/mol. The average Bonchev–Trinajstić information content (AvgIpc) is 2.85. The largest absolute Gasteiger partial charge is 0.462 e. The third-order valence-electron chi connectivity index (χ3n) is 3.65. The van der Waals surface area contributed by atoms with Crippen LogP contribution in [-0.2, 0) is 10.1 Å². The summed E-state index contributed by atoms with van der Waals surface area (Å²) in [5, 5.41) is 0.675. The SMILES string of the molecule is CN1CCN(c2cc(S(=O)(=O)O)cc3ccoc23)CC1. The first-order chi connectivity index (χ1) is 9.45. The lowest BCUT2D eigenvalue weighted by Gasteiger charge is -2.34. The molecule has 1 N–H and O–H groups in total. The molecule has 0 unspecified atom stereocenters. The lowest BCUT2D eigenvalue weighted by molar-refractivity contribution is 0.312. The summed E-state index contributed by atoms with van der Waals surface area (Å²) in [6.07, 6.45) is 1.53. The Hall–Kier alpha value is -1.57. The van der Waals surface area contributed by atoms with Crippen LogP contribution in [0.1, 0.15) is 0 Å². The van der Waals surface area contributed by atoms with Gasteiger partial charge in [0, 0.05) is 31.6 Å². The second-order valence-corrected chi connectivity index (χ2v) is 6.47. The van der Waals surface area contributed by atoms with E-state index in [1.807, 2.05) is 0 Å². The summed E-state index contributed by atoms with van der Waals surface area (Å²) in [4.78, 5) is 4.20. The van der Waals surface area contributed by atoms with Gasteiger partial charge >= 0.3 is 0 Å². The molecule has 0 bridgehead atoms. The zero-order valence-electron chi connectivity index (χ0n) is 11.1. The normalized spacial score (nSPS) is 17.8. The van der Waals surface area contributed by atoms with Gasteiger partial charge in [0.1, 0.15) is 0 Å². The van der Waals surface area contributed by atoms with Crippen LogP contribution in [0.4, 0.5) is 5.69 Å². The molecule has 2 aromatic rings. The molecule has 108 valence electrons. The van der Waals surface area contributed by atoms with Crippen molar-refractivity contribution < 1.29 is 17.4 Å². The highest BCUT2D eigenvalue weighted by Gasteiger charge is 2.21. The lowest BCUT2D eigenvalue weighted by atomic mass is 10.2. The number of likely N-dealkylation sites (N-methyl/N-ethyl adjacent to an activating group) is 1. The predicted molar refractivity (Wildman–Crippen MR) is 75.7 cm³/mol. The van der Waals surface area contributed by atoms with Crippen LogP contribution in [0.25, 0.3) is 11.0 Å². The van der Waals surface area contributed by atoms with Crippen LogP contribution in [-0.4, -0.2) is 51.1 Å². The molecule has 0 saturated carbocycles. The Morgan fingerprint density at radius 2 is 1.90 bits per heavy atom. The zero-order chi connectivity index (χ0) is 14.3. The smallest absolute Gasteiger partial charge is 0.294 e. The monoisotopic (exact) mass is 296 g/mol. The molecule has 1 saturated heterocycles. The van der Waals surface area contributed by atoms with E-state index in [1.54, 1.807) is 6.07 Å². The number of nitrogens with zero attached hydrogens (tertiary/aromatic N) is 2. The minimum absolute atomic E-state index is 0.0969. The first-order valence-corrected chi connectivity index (χ1v) is 7.81. The zero-order valence-corrected chi connectivity index (χ0v) is 11.9. The van der Waals surface area contributed by atoms with Crippen LogP contribution in [0.2, 0.25) is 0 Å². The van der Waals surface area contributed by atoms with Gasteiger partial charge < -0.3 is 14.2 Å². The van der Waals surface area contributed by atoms with Crippen molar-refractivity contribution in [3.05, 3.63) is 24.5 Å². The van der Waals surface area contributed by atoms with Gasteiger partial charge in [-0.05, 0) is 25.2 Å². The van der Waals surface area contributed by atoms with Crippen LogP contribution in [0, 0.1) is 0 Å². The molecule has 0 radical (unpaired) electrons. The number of fused-ring (bicyclic) bond motifs is 1. The van der Waals surface area contributed by atoms with Gasteiger partial charge in [0.25, 0.3) is 10.1 Å². The summed E-state index contributed by atoms with van der Waals surface area (Å²) in [6, 6.07) is 4.60. The molecule has 2 heterocycles. The molecule has 1 aliphatic rings. The van der Waals surface area contributed by atoms with Crippen LogP contribution in [0.3, 0.4) is 0 Å². The van der Waals surface area contributed by atoms with Gasteiger partial charge in [0.2, 0.25) is 0 Å². The number of furan rings is 1. The molecular formula is C13H16N2O4S. The fraction of sp³-hybridized carbons (Fsp3) is 0.385. The number of benzene rings is 1. The van der Waals surface area contributed by atoms with E-state index < -0.39 is 10.1 Å². The Labute approximate surface area is 117 Å². The summed E-state index contributed by atoms with van der Waals surface area (Å²) >= 11 is 0. The van der Waals surface area contributed by atoms with Crippen molar-refractivity contribution in [3.63, 3.8) is 0 Å². The summed E-state index contributed by atoms with van der Waals surface area (Å²) < 4.78 is 37.5. The van der Waals surface area contributed by atoms with Crippen LogP contribution in [0.15, 0.2) is 33.8 Å².